The van der Waals surface area contributed by atoms with Crippen LogP contribution in [0.5, 0.6) is 23.0 Å². The van der Waals surface area contributed by atoms with Crippen LogP contribution in [0, 0.1) is 0 Å². The normalized spacial score (nSPS) is 16.1. The summed E-state index contributed by atoms with van der Waals surface area (Å²) < 4.78 is 11.9. The molecule has 0 saturated heterocycles. The van der Waals surface area contributed by atoms with Crippen molar-refractivity contribution in [3.05, 3.63) is 132 Å². The minimum Gasteiger partial charge on any atom is -0.457 e. The van der Waals surface area contributed by atoms with E-state index in [2.05, 4.69) is 24.3 Å². The number of aliphatic hydroxyl groups excluding tert-OH is 1. The van der Waals surface area contributed by atoms with Gasteiger partial charge in [-0.2, -0.15) is 0 Å². The number of hydrogen-bond donors (Lipinski definition) is 1. The summed E-state index contributed by atoms with van der Waals surface area (Å²) in [5.74, 6) is 2.60. The maximum Gasteiger partial charge on any atom is 0.253 e. The molecule has 2 amide bonds. The van der Waals surface area contributed by atoms with E-state index < -0.39 is 6.23 Å². The summed E-state index contributed by atoms with van der Waals surface area (Å²) >= 11 is 0. The highest BCUT2D eigenvalue weighted by Crippen LogP contribution is 2.28. The molecular formula is C34H28N2O5. The molecule has 1 atom stereocenters. The summed E-state index contributed by atoms with van der Waals surface area (Å²) in [7, 11) is 0. The Bertz CT molecular complexity index is 1590. The predicted octanol–water partition coefficient (Wildman–Crippen LogP) is 6.18. The van der Waals surface area contributed by atoms with E-state index in [0.717, 1.165) is 35.8 Å². The fraction of sp³-hybridized carbons (Fsp3) is 0.118. The van der Waals surface area contributed by atoms with Crippen molar-refractivity contribution in [1.82, 2.24) is 0 Å². The van der Waals surface area contributed by atoms with Crippen molar-refractivity contribution in [2.45, 2.75) is 19.1 Å². The topological polar surface area (TPSA) is 79.3 Å². The first-order valence-electron chi connectivity index (χ1n) is 13.4. The van der Waals surface area contributed by atoms with Crippen molar-refractivity contribution in [2.24, 2.45) is 0 Å². The van der Waals surface area contributed by atoms with E-state index >= 15 is 0 Å². The molecular weight excluding hydrogens is 516 g/mol. The molecule has 1 N–H and O–H groups in total. The van der Waals surface area contributed by atoms with Gasteiger partial charge >= 0.3 is 0 Å². The predicted molar refractivity (Wildman–Crippen MR) is 157 cm³/mol. The number of ether oxygens (including phenoxy) is 2. The van der Waals surface area contributed by atoms with E-state index in [9.17, 15) is 14.7 Å². The van der Waals surface area contributed by atoms with Crippen LogP contribution in [0.3, 0.4) is 0 Å². The van der Waals surface area contributed by atoms with E-state index in [4.69, 9.17) is 9.47 Å². The molecule has 0 radical (unpaired) electrons. The Morgan fingerprint density at radius 2 is 1.07 bits per heavy atom. The average Bonchev–Trinajstić information content (AvgIpc) is 3.58. The maximum atomic E-state index is 11.9. The molecule has 41 heavy (non-hydrogen) atoms. The first-order valence-corrected chi connectivity index (χ1v) is 13.4. The molecule has 7 nitrogen and oxygen atoms in total. The lowest BCUT2D eigenvalue weighted by atomic mass is 10.0. The van der Waals surface area contributed by atoms with Crippen molar-refractivity contribution in [3.63, 3.8) is 0 Å². The minimum atomic E-state index is -0.941. The van der Waals surface area contributed by atoms with Gasteiger partial charge in [0.2, 0.25) is 0 Å². The SMILES string of the molecule is O=C1C=CCN1c1ccc(Oc2ccc(CCc3ccc(Oc4ccc(N5C(=O)C=CC5O)cc4)cc3)cc2)cc1. The zero-order valence-corrected chi connectivity index (χ0v) is 22.2. The van der Waals surface area contributed by atoms with Gasteiger partial charge in [0.05, 0.1) is 0 Å². The molecule has 6 rings (SSSR count). The van der Waals surface area contributed by atoms with Gasteiger partial charge in [-0.05, 0) is 103 Å². The molecule has 0 spiro atoms. The second kappa shape index (κ2) is 11.5. The molecule has 0 aromatic heterocycles. The smallest absolute Gasteiger partial charge is 0.253 e. The summed E-state index contributed by atoms with van der Waals surface area (Å²) in [4.78, 5) is 26.8. The molecule has 7 heteroatoms. The molecule has 2 heterocycles. The number of carbonyl (C=O) groups excluding carboxylic acids is 2. The maximum absolute atomic E-state index is 11.9. The van der Waals surface area contributed by atoms with Crippen LogP contribution in [0.15, 0.2) is 121 Å². The van der Waals surface area contributed by atoms with Gasteiger partial charge in [-0.1, -0.05) is 30.3 Å². The summed E-state index contributed by atoms with van der Waals surface area (Å²) in [6.45, 7) is 0.599. The lowest BCUT2D eigenvalue weighted by Gasteiger charge is -2.20. The Balaban J connectivity index is 0.982. The molecule has 204 valence electrons. The number of benzene rings is 4. The molecule has 0 aliphatic carbocycles. The van der Waals surface area contributed by atoms with Crippen molar-refractivity contribution < 1.29 is 24.2 Å². The van der Waals surface area contributed by atoms with Gasteiger partial charge in [0, 0.05) is 30.1 Å². The Morgan fingerprint density at radius 3 is 1.49 bits per heavy atom. The first-order chi connectivity index (χ1) is 20.0. The fourth-order valence-corrected chi connectivity index (χ4v) is 4.79. The second-order valence-electron chi connectivity index (χ2n) is 9.81. The minimum absolute atomic E-state index is 0.00134. The van der Waals surface area contributed by atoms with Gasteiger partial charge in [0.1, 0.15) is 23.0 Å². The summed E-state index contributed by atoms with van der Waals surface area (Å²) in [5, 5.41) is 9.94. The highest BCUT2D eigenvalue weighted by atomic mass is 16.5. The van der Waals surface area contributed by atoms with E-state index in [1.165, 1.54) is 28.2 Å². The van der Waals surface area contributed by atoms with Crippen LogP contribution in [-0.2, 0) is 22.4 Å². The largest absolute Gasteiger partial charge is 0.457 e. The van der Waals surface area contributed by atoms with Crippen LogP contribution in [0.2, 0.25) is 0 Å². The van der Waals surface area contributed by atoms with Crippen LogP contribution >= 0.6 is 0 Å². The quantitative estimate of drug-likeness (QED) is 0.272. The van der Waals surface area contributed by atoms with Gasteiger partial charge in [-0.3, -0.25) is 14.5 Å². The van der Waals surface area contributed by atoms with Crippen molar-refractivity contribution in [1.29, 1.82) is 0 Å². The number of amides is 2. The zero-order chi connectivity index (χ0) is 28.2. The third-order valence-electron chi connectivity index (χ3n) is 7.01. The Labute approximate surface area is 238 Å². The zero-order valence-electron chi connectivity index (χ0n) is 22.2. The van der Waals surface area contributed by atoms with Gasteiger partial charge in [0.25, 0.3) is 11.8 Å². The third kappa shape index (κ3) is 6.05. The molecule has 4 aromatic rings. The molecule has 0 saturated carbocycles. The average molecular weight is 545 g/mol. The first kappa shape index (κ1) is 26.1. The number of anilines is 2. The van der Waals surface area contributed by atoms with E-state index in [-0.39, 0.29) is 11.8 Å². The summed E-state index contributed by atoms with van der Waals surface area (Å²) in [6.07, 6.45) is 7.10. The van der Waals surface area contributed by atoms with Crippen LogP contribution < -0.4 is 19.3 Å². The summed E-state index contributed by atoms with van der Waals surface area (Å²) in [6, 6.07) is 30.7. The number of carbonyl (C=O) groups is 2. The number of aliphatic hydroxyl groups is 1. The molecule has 4 aromatic carbocycles. The van der Waals surface area contributed by atoms with Crippen molar-refractivity contribution in [2.75, 3.05) is 16.3 Å². The van der Waals surface area contributed by atoms with Gasteiger partial charge in [-0.15, -0.1) is 0 Å². The Kier molecular flexibility index (Phi) is 7.34. The van der Waals surface area contributed by atoms with Crippen LogP contribution in [-0.4, -0.2) is 29.7 Å². The highest BCUT2D eigenvalue weighted by molar-refractivity contribution is 6.05. The number of rotatable bonds is 9. The Hall–Kier alpha value is -5.14. The van der Waals surface area contributed by atoms with Gasteiger partial charge < -0.3 is 19.5 Å². The molecule has 1 unspecified atom stereocenters. The monoisotopic (exact) mass is 544 g/mol. The van der Waals surface area contributed by atoms with Crippen LogP contribution in [0.25, 0.3) is 0 Å². The van der Waals surface area contributed by atoms with E-state index in [0.29, 0.717) is 18.0 Å². The number of aryl methyl sites for hydroxylation is 2. The lowest BCUT2D eigenvalue weighted by Crippen LogP contribution is -2.33. The molecule has 0 bridgehead atoms. The van der Waals surface area contributed by atoms with Crippen molar-refractivity contribution in [3.8, 4) is 23.0 Å². The van der Waals surface area contributed by atoms with Crippen LogP contribution in [0.1, 0.15) is 11.1 Å². The standard InChI is InChI=1S/C34H28N2O5/c37-32-2-1-23-35(32)26-9-17-30(18-10-26)40-28-13-5-24(6-14-28)3-4-25-7-15-29(16-8-25)41-31-19-11-27(12-20-31)36-33(38)21-22-34(36)39/h1-2,5-22,33,38H,3-4,23H2. The third-order valence-corrected chi connectivity index (χ3v) is 7.01. The number of nitrogens with zero attached hydrogens (tertiary/aromatic N) is 2. The van der Waals surface area contributed by atoms with E-state index in [1.807, 2.05) is 54.6 Å². The molecule has 2 aliphatic heterocycles. The lowest BCUT2D eigenvalue weighted by molar-refractivity contribution is -0.115. The Morgan fingerprint density at radius 1 is 0.610 bits per heavy atom. The van der Waals surface area contributed by atoms with E-state index in [1.54, 1.807) is 35.2 Å². The molecule has 2 aliphatic rings. The highest BCUT2D eigenvalue weighted by Gasteiger charge is 2.25. The van der Waals surface area contributed by atoms with Crippen molar-refractivity contribution >= 4 is 23.2 Å². The number of hydrogen-bond acceptors (Lipinski definition) is 5. The van der Waals surface area contributed by atoms with Gasteiger partial charge in [0.15, 0.2) is 6.23 Å². The second-order valence-corrected chi connectivity index (χ2v) is 9.81. The fourth-order valence-electron chi connectivity index (χ4n) is 4.79. The van der Waals surface area contributed by atoms with Crippen LogP contribution in [0.4, 0.5) is 11.4 Å². The molecule has 0 fully saturated rings. The van der Waals surface area contributed by atoms with Gasteiger partial charge in [-0.25, -0.2) is 0 Å². The summed E-state index contributed by atoms with van der Waals surface area (Å²) in [5.41, 5.74) is 3.88.